The Morgan fingerprint density at radius 2 is 2.04 bits per heavy atom. The van der Waals surface area contributed by atoms with Crippen molar-refractivity contribution in [1.82, 2.24) is 10.6 Å². The molecule has 0 aliphatic carbocycles. The fraction of sp³-hybridized carbons (Fsp3) is 0.529. The zero-order chi connectivity index (χ0) is 19.0. The third-order valence-electron chi connectivity index (χ3n) is 3.08. The average Bonchev–Trinajstić information content (AvgIpc) is 2.44. The molecule has 8 heteroatoms. The van der Waals surface area contributed by atoms with E-state index in [2.05, 4.69) is 15.6 Å². The first-order valence-electron chi connectivity index (χ1n) is 8.07. The molecular weight excluding hydrogens is 363 g/mol. The summed E-state index contributed by atoms with van der Waals surface area (Å²) in [6.45, 7) is 8.33. The molecule has 1 atom stereocenters. The minimum absolute atomic E-state index is 0.103. The number of halogens is 2. The van der Waals surface area contributed by atoms with E-state index in [-0.39, 0.29) is 6.04 Å². The van der Waals surface area contributed by atoms with Crippen LogP contribution in [0.15, 0.2) is 23.2 Å². The summed E-state index contributed by atoms with van der Waals surface area (Å²) in [6, 6.07) is 5.21. The molecule has 1 rings (SSSR count). The number of alkyl carbamates (subject to hydrolysis) is 1. The lowest BCUT2D eigenvalue weighted by Crippen LogP contribution is -2.35. The van der Waals surface area contributed by atoms with E-state index < -0.39 is 11.7 Å². The third-order valence-corrected chi connectivity index (χ3v) is 3.64. The zero-order valence-corrected chi connectivity index (χ0v) is 16.5. The molecule has 6 nitrogen and oxygen atoms in total. The van der Waals surface area contributed by atoms with Crippen molar-refractivity contribution in [3.05, 3.63) is 33.8 Å². The largest absolute Gasteiger partial charge is 0.444 e. The molecule has 0 aliphatic heterocycles. The van der Waals surface area contributed by atoms with Crippen LogP contribution in [-0.4, -0.2) is 30.7 Å². The van der Waals surface area contributed by atoms with E-state index >= 15 is 0 Å². The van der Waals surface area contributed by atoms with Gasteiger partial charge in [0.25, 0.3) is 0 Å². The first-order valence-corrected chi connectivity index (χ1v) is 8.82. The van der Waals surface area contributed by atoms with Gasteiger partial charge in [0.2, 0.25) is 0 Å². The lowest BCUT2D eigenvalue weighted by molar-refractivity contribution is 0.0527. The van der Waals surface area contributed by atoms with Gasteiger partial charge in [-0.3, -0.25) is 4.99 Å². The van der Waals surface area contributed by atoms with Crippen molar-refractivity contribution in [2.24, 2.45) is 10.7 Å². The number of rotatable bonds is 6. The summed E-state index contributed by atoms with van der Waals surface area (Å²) in [4.78, 5) is 15.7. The number of amides is 1. The SMILES string of the molecule is CC(NC(N)=NCCCNC(=O)OC(C)(C)C)c1ccc(Cl)cc1Cl. The Bertz CT molecular complexity index is 615. The molecule has 0 fully saturated rings. The van der Waals surface area contributed by atoms with Gasteiger partial charge in [-0.05, 0) is 51.8 Å². The summed E-state index contributed by atoms with van der Waals surface area (Å²) in [5.74, 6) is 0.316. The van der Waals surface area contributed by atoms with Gasteiger partial charge in [-0.2, -0.15) is 0 Å². The van der Waals surface area contributed by atoms with E-state index in [0.29, 0.717) is 35.5 Å². The van der Waals surface area contributed by atoms with Crippen molar-refractivity contribution in [2.75, 3.05) is 13.1 Å². The highest BCUT2D eigenvalue weighted by Crippen LogP contribution is 2.25. The summed E-state index contributed by atoms with van der Waals surface area (Å²) in [5.41, 5.74) is 6.26. The molecular formula is C17H26Cl2N4O2. The highest BCUT2D eigenvalue weighted by atomic mass is 35.5. The highest BCUT2D eigenvalue weighted by Gasteiger charge is 2.15. The van der Waals surface area contributed by atoms with Gasteiger partial charge < -0.3 is 21.1 Å². The minimum atomic E-state index is -0.504. The molecule has 1 unspecified atom stereocenters. The molecule has 0 saturated heterocycles. The van der Waals surface area contributed by atoms with Gasteiger partial charge in [0, 0.05) is 23.1 Å². The number of guanidine groups is 1. The Kier molecular flexibility index (Phi) is 8.32. The van der Waals surface area contributed by atoms with Crippen LogP contribution < -0.4 is 16.4 Å². The number of ether oxygens (including phenoxy) is 1. The first kappa shape index (κ1) is 21.4. The Balaban J connectivity index is 2.35. The van der Waals surface area contributed by atoms with E-state index in [1.165, 1.54) is 0 Å². The predicted octanol–water partition coefficient (Wildman–Crippen LogP) is 3.87. The van der Waals surface area contributed by atoms with Crippen molar-refractivity contribution in [3.8, 4) is 0 Å². The summed E-state index contributed by atoms with van der Waals surface area (Å²) in [7, 11) is 0. The van der Waals surface area contributed by atoms with E-state index in [1.54, 1.807) is 12.1 Å². The molecule has 0 heterocycles. The number of aliphatic imine (C=N–C) groups is 1. The molecule has 1 aromatic carbocycles. The predicted molar refractivity (Wildman–Crippen MR) is 103 cm³/mol. The molecule has 140 valence electrons. The quantitative estimate of drug-likeness (QED) is 0.391. The van der Waals surface area contributed by atoms with Crippen molar-refractivity contribution in [3.63, 3.8) is 0 Å². The standard InChI is InChI=1S/C17H26Cl2N4O2/c1-11(13-7-6-12(18)10-14(13)19)23-15(20)21-8-5-9-22-16(24)25-17(2,3)4/h6-7,10-11H,5,8-9H2,1-4H3,(H,22,24)(H3,20,21,23). The molecule has 0 spiro atoms. The molecule has 1 aromatic rings. The first-order chi connectivity index (χ1) is 11.6. The van der Waals surface area contributed by atoms with Crippen LogP contribution in [0.25, 0.3) is 0 Å². The molecule has 0 saturated carbocycles. The van der Waals surface area contributed by atoms with E-state index in [0.717, 1.165) is 5.56 Å². The van der Waals surface area contributed by atoms with Crippen LogP contribution in [-0.2, 0) is 4.74 Å². The molecule has 0 bridgehead atoms. The number of hydrogen-bond acceptors (Lipinski definition) is 3. The highest BCUT2D eigenvalue weighted by molar-refractivity contribution is 6.35. The lowest BCUT2D eigenvalue weighted by atomic mass is 10.1. The van der Waals surface area contributed by atoms with Crippen LogP contribution in [0.5, 0.6) is 0 Å². The van der Waals surface area contributed by atoms with Gasteiger partial charge in [-0.1, -0.05) is 29.3 Å². The molecule has 0 aliphatic rings. The van der Waals surface area contributed by atoms with Crippen LogP contribution in [0, 0.1) is 0 Å². The van der Waals surface area contributed by atoms with E-state index in [9.17, 15) is 4.79 Å². The number of nitrogens with one attached hydrogen (secondary N) is 2. The molecule has 1 amide bonds. The van der Waals surface area contributed by atoms with Crippen LogP contribution in [0.2, 0.25) is 10.0 Å². The average molecular weight is 389 g/mol. The monoisotopic (exact) mass is 388 g/mol. The number of nitrogens with two attached hydrogens (primary N) is 1. The van der Waals surface area contributed by atoms with Crippen LogP contribution in [0.4, 0.5) is 4.79 Å². The molecule has 0 radical (unpaired) electrons. The Morgan fingerprint density at radius 3 is 2.64 bits per heavy atom. The summed E-state index contributed by atoms with van der Waals surface area (Å²) >= 11 is 12.1. The van der Waals surface area contributed by atoms with Crippen LogP contribution in [0.1, 0.15) is 45.7 Å². The zero-order valence-electron chi connectivity index (χ0n) is 15.0. The molecule has 0 aromatic heterocycles. The van der Waals surface area contributed by atoms with Gasteiger partial charge >= 0.3 is 6.09 Å². The fourth-order valence-corrected chi connectivity index (χ4v) is 2.55. The maximum absolute atomic E-state index is 11.5. The second kappa shape index (κ2) is 9.73. The Hall–Kier alpha value is -1.66. The summed E-state index contributed by atoms with van der Waals surface area (Å²) in [6.07, 6.45) is 0.214. The number of benzene rings is 1. The number of hydrogen-bond donors (Lipinski definition) is 3. The van der Waals surface area contributed by atoms with Crippen molar-refractivity contribution >= 4 is 35.3 Å². The van der Waals surface area contributed by atoms with Crippen molar-refractivity contribution < 1.29 is 9.53 Å². The van der Waals surface area contributed by atoms with Crippen molar-refractivity contribution in [2.45, 2.75) is 45.8 Å². The maximum Gasteiger partial charge on any atom is 0.407 e. The minimum Gasteiger partial charge on any atom is -0.444 e. The molecule has 25 heavy (non-hydrogen) atoms. The van der Waals surface area contributed by atoms with Crippen molar-refractivity contribution in [1.29, 1.82) is 0 Å². The Labute approximate surface area is 159 Å². The van der Waals surface area contributed by atoms with E-state index in [1.807, 2.05) is 33.8 Å². The molecule has 4 N–H and O–H groups in total. The number of carbonyl (C=O) groups is 1. The number of nitrogens with zero attached hydrogens (tertiary/aromatic N) is 1. The second-order valence-corrected chi connectivity index (χ2v) is 7.42. The van der Waals surface area contributed by atoms with Gasteiger partial charge in [0.1, 0.15) is 5.60 Å². The van der Waals surface area contributed by atoms with Crippen LogP contribution >= 0.6 is 23.2 Å². The van der Waals surface area contributed by atoms with Gasteiger partial charge in [0.15, 0.2) is 5.96 Å². The Morgan fingerprint density at radius 1 is 1.36 bits per heavy atom. The normalized spacial score (nSPS) is 13.3. The van der Waals surface area contributed by atoms with Gasteiger partial charge in [0.05, 0.1) is 6.04 Å². The number of carbonyl (C=O) groups excluding carboxylic acids is 1. The topological polar surface area (TPSA) is 88.7 Å². The second-order valence-electron chi connectivity index (χ2n) is 6.58. The van der Waals surface area contributed by atoms with Gasteiger partial charge in [-0.25, -0.2) is 4.79 Å². The summed E-state index contributed by atoms with van der Waals surface area (Å²) in [5, 5.41) is 6.90. The van der Waals surface area contributed by atoms with Gasteiger partial charge in [-0.15, -0.1) is 0 Å². The fourth-order valence-electron chi connectivity index (χ4n) is 1.98. The third kappa shape index (κ3) is 8.84. The maximum atomic E-state index is 11.5. The van der Waals surface area contributed by atoms with E-state index in [4.69, 9.17) is 33.7 Å². The lowest BCUT2D eigenvalue weighted by Gasteiger charge is -2.19. The smallest absolute Gasteiger partial charge is 0.407 e. The summed E-state index contributed by atoms with van der Waals surface area (Å²) < 4.78 is 5.14. The van der Waals surface area contributed by atoms with Crippen LogP contribution in [0.3, 0.4) is 0 Å².